The first kappa shape index (κ1) is 13.0. The predicted molar refractivity (Wildman–Crippen MR) is 52.6 cm³/mol. The maximum absolute atomic E-state index is 13.1. The smallest absolute Gasteiger partial charge is 0.303 e. The molecule has 0 radical (unpaired) electrons. The number of carbonyl (C=O) groups is 3. The van der Waals surface area contributed by atoms with E-state index in [4.69, 9.17) is 5.11 Å². The number of hydrogen-bond acceptors (Lipinski definition) is 3. The third-order valence-electron chi connectivity index (χ3n) is 1.99. The van der Waals surface area contributed by atoms with Crippen molar-refractivity contribution in [3.8, 4) is 0 Å². The first-order valence-electron chi connectivity index (χ1n) is 4.66. The maximum Gasteiger partial charge on any atom is 0.303 e. The summed E-state index contributed by atoms with van der Waals surface area (Å²) in [6, 6.07) is 2.18. The Balaban J connectivity index is 2.82. The fourth-order valence-electron chi connectivity index (χ4n) is 1.16. The summed E-state index contributed by atoms with van der Waals surface area (Å²) in [5.74, 6) is -5.40. The zero-order valence-corrected chi connectivity index (χ0v) is 8.57. The zero-order valence-electron chi connectivity index (χ0n) is 8.57. The van der Waals surface area contributed by atoms with Crippen molar-refractivity contribution in [3.63, 3.8) is 0 Å². The fourth-order valence-corrected chi connectivity index (χ4v) is 1.16. The minimum Gasteiger partial charge on any atom is -0.481 e. The number of carboxylic acids is 1. The van der Waals surface area contributed by atoms with Crippen LogP contribution < -0.4 is 0 Å². The number of hydrogen-bond donors (Lipinski definition) is 1. The van der Waals surface area contributed by atoms with E-state index in [9.17, 15) is 23.2 Å². The third-order valence-corrected chi connectivity index (χ3v) is 1.99. The van der Waals surface area contributed by atoms with Gasteiger partial charge in [-0.15, -0.1) is 0 Å². The number of Topliss-reactive ketones (excluding diaryl/α,β-unsaturated/α-hetero) is 2. The van der Waals surface area contributed by atoms with Crippen LogP contribution in [0, 0.1) is 11.6 Å². The Morgan fingerprint density at radius 2 is 1.76 bits per heavy atom. The Bertz CT molecular complexity index is 482. The van der Waals surface area contributed by atoms with E-state index in [1.165, 1.54) is 0 Å². The highest BCUT2D eigenvalue weighted by atomic mass is 19.1. The molecule has 0 heterocycles. The summed E-state index contributed by atoms with van der Waals surface area (Å²) in [5.41, 5.74) is -0.554. The molecular weight excluding hydrogens is 234 g/mol. The van der Waals surface area contributed by atoms with Gasteiger partial charge >= 0.3 is 5.97 Å². The van der Waals surface area contributed by atoms with Crippen molar-refractivity contribution in [2.24, 2.45) is 0 Å². The second kappa shape index (κ2) is 5.29. The van der Waals surface area contributed by atoms with Crippen molar-refractivity contribution in [2.75, 3.05) is 0 Å². The Morgan fingerprint density at radius 1 is 1.12 bits per heavy atom. The van der Waals surface area contributed by atoms with E-state index in [1.54, 1.807) is 0 Å². The van der Waals surface area contributed by atoms with Crippen LogP contribution in [0.1, 0.15) is 23.2 Å². The van der Waals surface area contributed by atoms with Crippen LogP contribution in [0.3, 0.4) is 0 Å². The molecule has 0 aromatic heterocycles. The molecule has 0 spiro atoms. The van der Waals surface area contributed by atoms with Gasteiger partial charge in [0.2, 0.25) is 11.6 Å². The van der Waals surface area contributed by atoms with E-state index in [0.29, 0.717) is 6.07 Å². The van der Waals surface area contributed by atoms with Gasteiger partial charge in [0.05, 0.1) is 12.0 Å². The molecule has 90 valence electrons. The second-order valence-electron chi connectivity index (χ2n) is 3.27. The van der Waals surface area contributed by atoms with E-state index in [0.717, 1.165) is 12.1 Å². The second-order valence-corrected chi connectivity index (χ2v) is 3.27. The predicted octanol–water partition coefficient (Wildman–Crippen LogP) is 1.58. The molecule has 0 bridgehead atoms. The van der Waals surface area contributed by atoms with Gasteiger partial charge in [-0.05, 0) is 12.1 Å². The van der Waals surface area contributed by atoms with Gasteiger partial charge in [0.15, 0.2) is 0 Å². The summed E-state index contributed by atoms with van der Waals surface area (Å²) in [7, 11) is 0. The molecule has 1 aromatic carbocycles. The molecule has 0 saturated carbocycles. The van der Waals surface area contributed by atoms with Crippen molar-refractivity contribution in [1.29, 1.82) is 0 Å². The van der Waals surface area contributed by atoms with Crippen molar-refractivity contribution < 1.29 is 28.3 Å². The molecule has 17 heavy (non-hydrogen) atoms. The molecule has 0 saturated heterocycles. The summed E-state index contributed by atoms with van der Waals surface area (Å²) >= 11 is 0. The van der Waals surface area contributed by atoms with E-state index in [2.05, 4.69) is 0 Å². The molecule has 0 amide bonds. The number of benzene rings is 1. The Kier molecular flexibility index (Phi) is 4.03. The lowest BCUT2D eigenvalue weighted by molar-refractivity contribution is -0.138. The highest BCUT2D eigenvalue weighted by Crippen LogP contribution is 2.11. The molecule has 0 atom stereocenters. The number of halogens is 2. The standard InChI is InChI=1S/C11H8F2O4/c12-6-1-2-7(8(13)5-6)11(17)9(14)3-4-10(15)16/h1-2,5H,3-4H2,(H,15,16). The van der Waals surface area contributed by atoms with Gasteiger partial charge < -0.3 is 5.11 Å². The summed E-state index contributed by atoms with van der Waals surface area (Å²) in [6.45, 7) is 0. The molecule has 0 unspecified atom stereocenters. The average molecular weight is 242 g/mol. The van der Waals surface area contributed by atoms with Crippen molar-refractivity contribution >= 4 is 17.5 Å². The number of aliphatic carboxylic acids is 1. The number of ketones is 2. The quantitative estimate of drug-likeness (QED) is 0.628. The Hall–Kier alpha value is -2.11. The van der Waals surface area contributed by atoms with E-state index >= 15 is 0 Å². The van der Waals surface area contributed by atoms with E-state index in [-0.39, 0.29) is 0 Å². The van der Waals surface area contributed by atoms with Gasteiger partial charge in [-0.1, -0.05) is 0 Å². The van der Waals surface area contributed by atoms with Crippen LogP contribution in [0.25, 0.3) is 0 Å². The van der Waals surface area contributed by atoms with Crippen molar-refractivity contribution in [1.82, 2.24) is 0 Å². The molecule has 4 nitrogen and oxygen atoms in total. The first-order valence-corrected chi connectivity index (χ1v) is 4.66. The Labute approximate surface area is 94.9 Å². The average Bonchev–Trinajstić information content (AvgIpc) is 2.25. The molecule has 0 aliphatic heterocycles. The molecule has 0 fully saturated rings. The largest absolute Gasteiger partial charge is 0.481 e. The van der Waals surface area contributed by atoms with Crippen molar-refractivity contribution in [3.05, 3.63) is 35.4 Å². The topological polar surface area (TPSA) is 71.4 Å². The van der Waals surface area contributed by atoms with Gasteiger partial charge in [0.25, 0.3) is 0 Å². The van der Waals surface area contributed by atoms with Crippen LogP contribution in [0.15, 0.2) is 18.2 Å². The SMILES string of the molecule is O=C(O)CCC(=O)C(=O)c1ccc(F)cc1F. The number of carboxylic acid groups (broad SMARTS) is 1. The van der Waals surface area contributed by atoms with E-state index < -0.39 is 47.6 Å². The lowest BCUT2D eigenvalue weighted by atomic mass is 10.0. The Morgan fingerprint density at radius 3 is 2.29 bits per heavy atom. The lowest BCUT2D eigenvalue weighted by Crippen LogP contribution is -2.17. The van der Waals surface area contributed by atoms with Crippen LogP contribution in [0.2, 0.25) is 0 Å². The van der Waals surface area contributed by atoms with Crippen LogP contribution >= 0.6 is 0 Å². The first-order chi connectivity index (χ1) is 7.91. The highest BCUT2D eigenvalue weighted by molar-refractivity contribution is 6.43. The van der Waals surface area contributed by atoms with Crippen molar-refractivity contribution in [2.45, 2.75) is 12.8 Å². The van der Waals surface area contributed by atoms with Crippen LogP contribution in [0.5, 0.6) is 0 Å². The van der Waals surface area contributed by atoms with Gasteiger partial charge in [-0.3, -0.25) is 14.4 Å². The minimum absolute atomic E-state index is 0.484. The van der Waals surface area contributed by atoms with Gasteiger partial charge in [0, 0.05) is 12.5 Å². The molecule has 0 aliphatic carbocycles. The van der Waals surface area contributed by atoms with Crippen LogP contribution in [0.4, 0.5) is 8.78 Å². The molecule has 0 aliphatic rings. The van der Waals surface area contributed by atoms with Crippen LogP contribution in [-0.4, -0.2) is 22.6 Å². The molecule has 6 heteroatoms. The van der Waals surface area contributed by atoms with Gasteiger partial charge in [0.1, 0.15) is 11.6 Å². The summed E-state index contributed by atoms with van der Waals surface area (Å²) in [5, 5.41) is 8.32. The highest BCUT2D eigenvalue weighted by Gasteiger charge is 2.20. The van der Waals surface area contributed by atoms with Crippen LogP contribution in [-0.2, 0) is 9.59 Å². The molecule has 1 aromatic rings. The lowest BCUT2D eigenvalue weighted by Gasteiger charge is -2.01. The fraction of sp³-hybridized carbons (Fsp3) is 0.182. The zero-order chi connectivity index (χ0) is 13.0. The maximum atomic E-state index is 13.1. The molecular formula is C11H8F2O4. The van der Waals surface area contributed by atoms with Gasteiger partial charge in [-0.2, -0.15) is 0 Å². The van der Waals surface area contributed by atoms with Gasteiger partial charge in [-0.25, -0.2) is 8.78 Å². The third kappa shape index (κ3) is 3.44. The molecule has 1 rings (SSSR count). The number of carbonyl (C=O) groups excluding carboxylic acids is 2. The minimum atomic E-state index is -1.23. The molecule has 1 N–H and O–H groups in total. The van der Waals surface area contributed by atoms with E-state index in [1.807, 2.05) is 0 Å². The summed E-state index contributed by atoms with van der Waals surface area (Å²) < 4.78 is 25.7. The monoisotopic (exact) mass is 242 g/mol. The normalized spacial score (nSPS) is 10.0. The summed E-state index contributed by atoms with van der Waals surface area (Å²) in [6.07, 6.45) is -1.02. The summed E-state index contributed by atoms with van der Waals surface area (Å²) in [4.78, 5) is 32.8. The number of rotatable bonds is 5.